The Morgan fingerprint density at radius 1 is 1.11 bits per heavy atom. The van der Waals surface area contributed by atoms with Crippen molar-refractivity contribution in [1.29, 1.82) is 0 Å². The van der Waals surface area contributed by atoms with Crippen molar-refractivity contribution < 1.29 is 18.0 Å². The zero-order chi connectivity index (χ0) is 20.3. The number of carbonyl (C=O) groups is 2. The maximum absolute atomic E-state index is 12.6. The molecule has 0 aromatic heterocycles. The maximum Gasteiger partial charge on any atom is 0.240 e. The normalized spacial score (nSPS) is 13.9. The van der Waals surface area contributed by atoms with Crippen LogP contribution in [0, 0.1) is 6.92 Å². The van der Waals surface area contributed by atoms with E-state index in [9.17, 15) is 18.0 Å². The van der Waals surface area contributed by atoms with Crippen LogP contribution >= 0.6 is 0 Å². The third-order valence-corrected chi connectivity index (χ3v) is 6.33. The monoisotopic (exact) mass is 400 g/mol. The van der Waals surface area contributed by atoms with Gasteiger partial charge in [0.1, 0.15) is 0 Å². The van der Waals surface area contributed by atoms with E-state index >= 15 is 0 Å². The molecule has 1 heterocycles. The summed E-state index contributed by atoms with van der Waals surface area (Å²) in [7, 11) is -3.73. The molecular weight excluding hydrogens is 376 g/mol. The Bertz CT molecular complexity index is 998. The minimum atomic E-state index is -3.73. The van der Waals surface area contributed by atoms with E-state index in [-0.39, 0.29) is 29.6 Å². The molecule has 0 saturated heterocycles. The van der Waals surface area contributed by atoms with Crippen molar-refractivity contribution in [3.8, 4) is 0 Å². The Morgan fingerprint density at radius 2 is 1.82 bits per heavy atom. The van der Waals surface area contributed by atoms with E-state index < -0.39 is 10.0 Å². The molecule has 28 heavy (non-hydrogen) atoms. The zero-order valence-electron chi connectivity index (χ0n) is 16.1. The molecule has 0 saturated carbocycles. The third-order valence-electron chi connectivity index (χ3n) is 4.86. The van der Waals surface area contributed by atoms with Crippen molar-refractivity contribution >= 4 is 27.4 Å². The average molecular weight is 401 g/mol. The molecule has 3 rings (SSSR count). The lowest BCUT2D eigenvalue weighted by atomic mass is 9.99. The molecule has 0 aliphatic carbocycles. The summed E-state index contributed by atoms with van der Waals surface area (Å²) in [4.78, 5) is 25.8. The van der Waals surface area contributed by atoms with Crippen molar-refractivity contribution in [2.24, 2.45) is 0 Å². The Labute approximate surface area is 165 Å². The first kappa shape index (κ1) is 20.2. The summed E-state index contributed by atoms with van der Waals surface area (Å²) in [6, 6.07) is 11.8. The van der Waals surface area contributed by atoms with Gasteiger partial charge < -0.3 is 4.90 Å². The quantitative estimate of drug-likeness (QED) is 0.756. The van der Waals surface area contributed by atoms with Gasteiger partial charge >= 0.3 is 0 Å². The first-order valence-corrected chi connectivity index (χ1v) is 10.8. The lowest BCUT2D eigenvalue weighted by molar-refractivity contribution is -0.118. The van der Waals surface area contributed by atoms with Crippen molar-refractivity contribution in [3.63, 3.8) is 0 Å². The summed E-state index contributed by atoms with van der Waals surface area (Å²) < 4.78 is 27.2. The second-order valence-electron chi connectivity index (χ2n) is 7.01. The van der Waals surface area contributed by atoms with Gasteiger partial charge in [-0.3, -0.25) is 9.59 Å². The van der Waals surface area contributed by atoms with Crippen LogP contribution in [0.5, 0.6) is 0 Å². The summed E-state index contributed by atoms with van der Waals surface area (Å²) in [6.45, 7) is 4.12. The molecule has 1 aliphatic heterocycles. The largest absolute Gasteiger partial charge is 0.312 e. The van der Waals surface area contributed by atoms with Gasteiger partial charge in [0.25, 0.3) is 0 Å². The molecule has 0 fully saturated rings. The molecule has 0 atom stereocenters. The highest BCUT2D eigenvalue weighted by atomic mass is 32.2. The predicted octanol–water partition coefficient (Wildman–Crippen LogP) is 2.85. The molecule has 2 aromatic carbocycles. The number of fused-ring (bicyclic) bond motifs is 1. The van der Waals surface area contributed by atoms with Crippen LogP contribution in [-0.4, -0.2) is 33.2 Å². The Balaban J connectivity index is 1.62. The van der Waals surface area contributed by atoms with Crippen molar-refractivity contribution in [2.75, 3.05) is 18.0 Å². The van der Waals surface area contributed by atoms with Gasteiger partial charge in [0.2, 0.25) is 15.9 Å². The van der Waals surface area contributed by atoms with Gasteiger partial charge in [-0.15, -0.1) is 0 Å². The first-order valence-electron chi connectivity index (χ1n) is 9.28. The van der Waals surface area contributed by atoms with E-state index in [0.717, 1.165) is 29.7 Å². The number of aryl methyl sites for hydroxylation is 2. The lowest BCUT2D eigenvalue weighted by Gasteiger charge is -2.30. The summed E-state index contributed by atoms with van der Waals surface area (Å²) in [6.07, 6.45) is 1.93. The SMILES string of the molecule is CC(=O)c1ccc(S(=O)(=O)NCCC(=O)N2CCCc3cc(C)ccc32)cc1. The van der Waals surface area contributed by atoms with Crippen LogP contribution in [0.3, 0.4) is 0 Å². The second kappa shape index (κ2) is 8.24. The van der Waals surface area contributed by atoms with Gasteiger partial charge in [0, 0.05) is 30.8 Å². The minimum absolute atomic E-state index is 0.0212. The highest BCUT2D eigenvalue weighted by molar-refractivity contribution is 7.89. The third kappa shape index (κ3) is 4.48. The molecule has 0 spiro atoms. The summed E-state index contributed by atoms with van der Waals surface area (Å²) in [5.74, 6) is -0.223. The van der Waals surface area contributed by atoms with Gasteiger partial charge in [-0.1, -0.05) is 29.8 Å². The summed E-state index contributed by atoms with van der Waals surface area (Å²) >= 11 is 0. The summed E-state index contributed by atoms with van der Waals surface area (Å²) in [5, 5.41) is 0. The Morgan fingerprint density at radius 3 is 2.50 bits per heavy atom. The predicted molar refractivity (Wildman–Crippen MR) is 108 cm³/mol. The number of rotatable bonds is 6. The van der Waals surface area contributed by atoms with Gasteiger partial charge in [0.15, 0.2) is 5.78 Å². The molecule has 0 bridgehead atoms. The molecular formula is C21H24N2O4S. The number of hydrogen-bond acceptors (Lipinski definition) is 4. The smallest absolute Gasteiger partial charge is 0.240 e. The molecule has 7 heteroatoms. The molecule has 1 amide bonds. The lowest BCUT2D eigenvalue weighted by Crippen LogP contribution is -2.37. The molecule has 0 radical (unpaired) electrons. The van der Waals surface area contributed by atoms with Crippen molar-refractivity contribution in [3.05, 3.63) is 59.2 Å². The molecule has 148 valence electrons. The highest BCUT2D eigenvalue weighted by Gasteiger charge is 2.23. The number of ketones is 1. The van der Waals surface area contributed by atoms with E-state index in [1.807, 2.05) is 19.1 Å². The second-order valence-corrected chi connectivity index (χ2v) is 8.78. The number of carbonyl (C=O) groups excluding carboxylic acids is 2. The van der Waals surface area contributed by atoms with Crippen LogP contribution in [0.2, 0.25) is 0 Å². The van der Waals surface area contributed by atoms with E-state index in [1.54, 1.807) is 4.90 Å². The maximum atomic E-state index is 12.6. The number of benzene rings is 2. The van der Waals surface area contributed by atoms with Crippen molar-refractivity contribution in [2.45, 2.75) is 38.0 Å². The standard InChI is InChI=1S/C21H24N2O4S/c1-15-5-10-20-18(14-15)4-3-13-23(20)21(25)11-12-22-28(26,27)19-8-6-17(7-9-19)16(2)24/h5-10,14,22H,3-4,11-13H2,1-2H3. The fourth-order valence-corrected chi connectivity index (χ4v) is 4.40. The number of nitrogens with zero attached hydrogens (tertiary/aromatic N) is 1. The van der Waals surface area contributed by atoms with Gasteiger partial charge in [0.05, 0.1) is 4.90 Å². The van der Waals surface area contributed by atoms with Gasteiger partial charge in [-0.05, 0) is 50.5 Å². The Hall–Kier alpha value is -2.51. The van der Waals surface area contributed by atoms with E-state index in [4.69, 9.17) is 0 Å². The fraction of sp³-hybridized carbons (Fsp3) is 0.333. The van der Waals surface area contributed by atoms with Crippen LogP contribution < -0.4 is 9.62 Å². The number of nitrogens with one attached hydrogen (secondary N) is 1. The highest BCUT2D eigenvalue weighted by Crippen LogP contribution is 2.28. The Kier molecular flexibility index (Phi) is 5.96. The zero-order valence-corrected chi connectivity index (χ0v) is 16.9. The number of Topliss-reactive ketones (excluding diaryl/α,β-unsaturated/α-hetero) is 1. The minimum Gasteiger partial charge on any atom is -0.312 e. The molecule has 2 aromatic rings. The van der Waals surface area contributed by atoms with E-state index in [1.165, 1.54) is 31.2 Å². The number of amides is 1. The summed E-state index contributed by atoms with van der Waals surface area (Å²) in [5.41, 5.74) is 3.69. The topological polar surface area (TPSA) is 83.5 Å². The molecule has 1 N–H and O–H groups in total. The average Bonchev–Trinajstić information content (AvgIpc) is 2.67. The molecule has 0 unspecified atom stereocenters. The van der Waals surface area contributed by atoms with Gasteiger partial charge in [-0.25, -0.2) is 13.1 Å². The number of hydrogen-bond donors (Lipinski definition) is 1. The van der Waals surface area contributed by atoms with Crippen LogP contribution in [0.25, 0.3) is 0 Å². The number of anilines is 1. The fourth-order valence-electron chi connectivity index (χ4n) is 3.36. The molecule has 6 nitrogen and oxygen atoms in total. The van der Waals surface area contributed by atoms with E-state index in [2.05, 4.69) is 10.8 Å². The van der Waals surface area contributed by atoms with Gasteiger partial charge in [-0.2, -0.15) is 0 Å². The van der Waals surface area contributed by atoms with Crippen LogP contribution in [0.1, 0.15) is 41.3 Å². The van der Waals surface area contributed by atoms with Crippen molar-refractivity contribution in [1.82, 2.24) is 4.72 Å². The van der Waals surface area contributed by atoms with Crippen LogP contribution in [0.15, 0.2) is 47.4 Å². The van der Waals surface area contributed by atoms with Crippen LogP contribution in [-0.2, 0) is 21.2 Å². The van der Waals surface area contributed by atoms with E-state index in [0.29, 0.717) is 12.1 Å². The molecule has 1 aliphatic rings. The number of sulfonamides is 1. The first-order chi connectivity index (χ1) is 13.3. The van der Waals surface area contributed by atoms with Crippen LogP contribution in [0.4, 0.5) is 5.69 Å².